The average molecular weight is 303 g/mol. The van der Waals surface area contributed by atoms with E-state index in [1.54, 1.807) is 0 Å². The predicted octanol–water partition coefficient (Wildman–Crippen LogP) is 2.88. The van der Waals surface area contributed by atoms with Crippen LogP contribution in [0.2, 0.25) is 0 Å². The van der Waals surface area contributed by atoms with E-state index in [2.05, 4.69) is 4.90 Å². The second-order valence-corrected chi connectivity index (χ2v) is 4.91. The summed E-state index contributed by atoms with van der Waals surface area (Å²) in [5.74, 6) is -1.73. The van der Waals surface area contributed by atoms with Gasteiger partial charge in [-0.2, -0.15) is 13.2 Å². The number of ether oxygens (including phenoxy) is 1. The zero-order valence-corrected chi connectivity index (χ0v) is 11.3. The van der Waals surface area contributed by atoms with Gasteiger partial charge in [-0.15, -0.1) is 0 Å². The standard InChI is InChI=1S/C14H16F3NO3/c15-14(16,17)11-9-10(13(19)20)3-4-12(11)21-8-7-18-5-1-2-6-18/h3-4,9H,1-2,5-8H2,(H,19,20). The number of nitrogens with zero attached hydrogens (tertiary/aromatic N) is 1. The lowest BCUT2D eigenvalue weighted by atomic mass is 10.1. The number of halogens is 3. The molecule has 2 rings (SSSR count). The van der Waals surface area contributed by atoms with Gasteiger partial charge in [-0.3, -0.25) is 4.90 Å². The van der Waals surface area contributed by atoms with Crippen LogP contribution in [0.5, 0.6) is 5.75 Å². The number of likely N-dealkylation sites (tertiary alicyclic amines) is 1. The molecule has 0 amide bonds. The SMILES string of the molecule is O=C(O)c1ccc(OCCN2CCCC2)c(C(F)(F)F)c1. The number of benzene rings is 1. The summed E-state index contributed by atoms with van der Waals surface area (Å²) in [4.78, 5) is 12.9. The number of carboxylic acid groups (broad SMARTS) is 1. The second kappa shape index (κ2) is 6.34. The molecule has 1 heterocycles. The fourth-order valence-electron chi connectivity index (χ4n) is 2.30. The van der Waals surface area contributed by atoms with Crippen molar-refractivity contribution in [3.63, 3.8) is 0 Å². The van der Waals surface area contributed by atoms with E-state index >= 15 is 0 Å². The van der Waals surface area contributed by atoms with Crippen molar-refractivity contribution in [2.45, 2.75) is 19.0 Å². The van der Waals surface area contributed by atoms with Gasteiger partial charge in [0.15, 0.2) is 0 Å². The summed E-state index contributed by atoms with van der Waals surface area (Å²) in [6.07, 6.45) is -2.45. The number of rotatable bonds is 5. The van der Waals surface area contributed by atoms with Crippen LogP contribution in [0, 0.1) is 0 Å². The Morgan fingerprint density at radius 1 is 1.29 bits per heavy atom. The largest absolute Gasteiger partial charge is 0.492 e. The molecule has 1 aliphatic rings. The Bertz CT molecular complexity index is 511. The molecule has 1 fully saturated rings. The lowest BCUT2D eigenvalue weighted by Crippen LogP contribution is -2.25. The molecular formula is C14H16F3NO3. The maximum atomic E-state index is 12.9. The first-order valence-corrected chi connectivity index (χ1v) is 6.67. The first-order valence-electron chi connectivity index (χ1n) is 6.67. The summed E-state index contributed by atoms with van der Waals surface area (Å²) in [7, 11) is 0. The van der Waals surface area contributed by atoms with Gasteiger partial charge in [0.25, 0.3) is 0 Å². The molecular weight excluding hydrogens is 287 g/mol. The van der Waals surface area contributed by atoms with Crippen molar-refractivity contribution in [1.82, 2.24) is 4.90 Å². The van der Waals surface area contributed by atoms with Crippen LogP contribution >= 0.6 is 0 Å². The third-order valence-corrected chi connectivity index (χ3v) is 3.40. The third kappa shape index (κ3) is 4.10. The van der Waals surface area contributed by atoms with Gasteiger partial charge < -0.3 is 9.84 Å². The molecule has 0 aliphatic carbocycles. The normalized spacial score (nSPS) is 16.1. The molecule has 0 atom stereocenters. The molecule has 116 valence electrons. The Hall–Kier alpha value is -1.76. The van der Waals surface area contributed by atoms with Gasteiger partial charge in [-0.05, 0) is 44.1 Å². The maximum Gasteiger partial charge on any atom is 0.419 e. The monoisotopic (exact) mass is 303 g/mol. The highest BCUT2D eigenvalue weighted by atomic mass is 19.4. The van der Waals surface area contributed by atoms with E-state index in [0.717, 1.165) is 38.1 Å². The van der Waals surface area contributed by atoms with E-state index in [9.17, 15) is 18.0 Å². The van der Waals surface area contributed by atoms with E-state index < -0.39 is 23.3 Å². The van der Waals surface area contributed by atoms with Gasteiger partial charge in [0, 0.05) is 6.54 Å². The van der Waals surface area contributed by atoms with Gasteiger partial charge in [0.2, 0.25) is 0 Å². The molecule has 0 radical (unpaired) electrons. The Morgan fingerprint density at radius 2 is 1.95 bits per heavy atom. The summed E-state index contributed by atoms with van der Waals surface area (Å²) >= 11 is 0. The van der Waals surface area contributed by atoms with Crippen LogP contribution in [0.25, 0.3) is 0 Å². The van der Waals surface area contributed by atoms with Crippen LogP contribution in [-0.4, -0.2) is 42.2 Å². The molecule has 0 bridgehead atoms. The average Bonchev–Trinajstić information content (AvgIpc) is 2.90. The van der Waals surface area contributed by atoms with E-state index in [1.165, 1.54) is 0 Å². The van der Waals surface area contributed by atoms with Crippen molar-refractivity contribution in [1.29, 1.82) is 0 Å². The fourth-order valence-corrected chi connectivity index (χ4v) is 2.30. The van der Waals surface area contributed by atoms with Gasteiger partial charge in [0.05, 0.1) is 11.1 Å². The second-order valence-electron chi connectivity index (χ2n) is 4.91. The molecule has 21 heavy (non-hydrogen) atoms. The molecule has 0 spiro atoms. The zero-order valence-electron chi connectivity index (χ0n) is 11.3. The highest BCUT2D eigenvalue weighted by Crippen LogP contribution is 2.36. The highest BCUT2D eigenvalue weighted by Gasteiger charge is 2.35. The number of alkyl halides is 3. The Labute approximate surface area is 120 Å². The van der Waals surface area contributed by atoms with Crippen LogP contribution in [-0.2, 0) is 6.18 Å². The van der Waals surface area contributed by atoms with E-state index in [0.29, 0.717) is 12.6 Å². The molecule has 1 N–H and O–H groups in total. The lowest BCUT2D eigenvalue weighted by Gasteiger charge is -2.17. The summed E-state index contributed by atoms with van der Waals surface area (Å²) in [6.45, 7) is 2.59. The van der Waals surface area contributed by atoms with E-state index in [-0.39, 0.29) is 12.4 Å². The minimum Gasteiger partial charge on any atom is -0.492 e. The first kappa shape index (κ1) is 15.6. The van der Waals surface area contributed by atoms with Crippen molar-refractivity contribution in [3.8, 4) is 5.75 Å². The summed E-state index contributed by atoms with van der Waals surface area (Å²) in [6, 6.07) is 2.78. The molecule has 1 aromatic carbocycles. The minimum atomic E-state index is -4.64. The van der Waals surface area contributed by atoms with Gasteiger partial charge >= 0.3 is 12.1 Å². The number of carbonyl (C=O) groups is 1. The first-order chi connectivity index (χ1) is 9.88. The highest BCUT2D eigenvalue weighted by molar-refractivity contribution is 5.88. The van der Waals surface area contributed by atoms with Gasteiger partial charge in [-0.1, -0.05) is 0 Å². The molecule has 0 saturated carbocycles. The van der Waals surface area contributed by atoms with Crippen LogP contribution in [0.4, 0.5) is 13.2 Å². The van der Waals surface area contributed by atoms with Crippen molar-refractivity contribution in [2.75, 3.05) is 26.2 Å². The van der Waals surface area contributed by atoms with Crippen molar-refractivity contribution in [2.24, 2.45) is 0 Å². The number of hydrogen-bond acceptors (Lipinski definition) is 3. The fraction of sp³-hybridized carbons (Fsp3) is 0.500. The van der Waals surface area contributed by atoms with Crippen molar-refractivity contribution < 1.29 is 27.8 Å². The Kier molecular flexibility index (Phi) is 4.72. The van der Waals surface area contributed by atoms with Gasteiger partial charge in [-0.25, -0.2) is 4.79 Å². The summed E-state index contributed by atoms with van der Waals surface area (Å²) < 4.78 is 44.0. The van der Waals surface area contributed by atoms with E-state index in [1.807, 2.05) is 0 Å². The summed E-state index contributed by atoms with van der Waals surface area (Å²) in [5, 5.41) is 8.77. The molecule has 0 aromatic heterocycles. The topological polar surface area (TPSA) is 49.8 Å². The van der Waals surface area contributed by atoms with Crippen LogP contribution < -0.4 is 4.74 Å². The molecule has 4 nitrogen and oxygen atoms in total. The molecule has 1 aromatic rings. The van der Waals surface area contributed by atoms with Crippen molar-refractivity contribution >= 4 is 5.97 Å². The maximum absolute atomic E-state index is 12.9. The number of hydrogen-bond donors (Lipinski definition) is 1. The lowest BCUT2D eigenvalue weighted by molar-refractivity contribution is -0.139. The van der Waals surface area contributed by atoms with Crippen LogP contribution in [0.1, 0.15) is 28.8 Å². The summed E-state index contributed by atoms with van der Waals surface area (Å²) in [5.41, 5.74) is -1.46. The molecule has 0 unspecified atom stereocenters. The van der Waals surface area contributed by atoms with Crippen molar-refractivity contribution in [3.05, 3.63) is 29.3 Å². The van der Waals surface area contributed by atoms with Gasteiger partial charge in [0.1, 0.15) is 12.4 Å². The van der Waals surface area contributed by atoms with Crippen LogP contribution in [0.3, 0.4) is 0 Å². The molecule has 1 aliphatic heterocycles. The van der Waals surface area contributed by atoms with Crippen LogP contribution in [0.15, 0.2) is 18.2 Å². The number of carboxylic acids is 1. The predicted molar refractivity (Wildman–Crippen MR) is 69.6 cm³/mol. The zero-order chi connectivity index (χ0) is 15.5. The quantitative estimate of drug-likeness (QED) is 0.908. The Balaban J connectivity index is 2.08. The van der Waals surface area contributed by atoms with E-state index in [4.69, 9.17) is 9.84 Å². The Morgan fingerprint density at radius 3 is 2.52 bits per heavy atom. The molecule has 1 saturated heterocycles. The number of aromatic carboxylic acids is 1. The smallest absolute Gasteiger partial charge is 0.419 e. The molecule has 7 heteroatoms. The minimum absolute atomic E-state index is 0.148. The third-order valence-electron chi connectivity index (χ3n) is 3.40.